The van der Waals surface area contributed by atoms with Crippen molar-refractivity contribution in [2.24, 2.45) is 4.99 Å². The maximum atomic E-state index is 13.0. The molecular weight excluding hydrogens is 428 g/mol. The molecule has 0 spiro atoms. The third-order valence-electron chi connectivity index (χ3n) is 5.60. The molecule has 0 saturated carbocycles. The molecule has 0 bridgehead atoms. The second-order valence-corrected chi connectivity index (χ2v) is 8.13. The number of ether oxygens (including phenoxy) is 1. The number of aromatic nitrogens is 1. The predicted octanol–water partition coefficient (Wildman–Crippen LogP) is 1.37. The highest BCUT2D eigenvalue weighted by molar-refractivity contribution is 5.97. The largest absolute Gasteiger partial charge is 0.481 e. The number of nitrogens with one attached hydrogen (secondary N) is 2. The number of carbonyl (C=O) groups is 3. The lowest BCUT2D eigenvalue weighted by atomic mass is 10.0. The first-order valence-electron chi connectivity index (χ1n) is 11.3. The number of pyridine rings is 1. The van der Waals surface area contributed by atoms with Gasteiger partial charge in [0, 0.05) is 44.9 Å². The normalized spacial score (nSPS) is 19.0. The quantitative estimate of drug-likeness (QED) is 0.480. The second-order valence-electron chi connectivity index (χ2n) is 8.13. The average molecular weight is 461 g/mol. The molecule has 2 atom stereocenters. The highest BCUT2D eigenvalue weighted by atomic mass is 16.5. The molecule has 11 heteroatoms. The predicted molar refractivity (Wildman–Crippen MR) is 121 cm³/mol. The highest BCUT2D eigenvalue weighted by Gasteiger charge is 2.35. The minimum Gasteiger partial charge on any atom is -0.481 e. The summed E-state index contributed by atoms with van der Waals surface area (Å²) in [7, 11) is 0. The van der Waals surface area contributed by atoms with Gasteiger partial charge in [0.2, 0.25) is 11.8 Å². The monoisotopic (exact) mass is 460 g/mol. The number of rotatable bonds is 10. The van der Waals surface area contributed by atoms with Gasteiger partial charge in [-0.25, -0.2) is 14.8 Å². The van der Waals surface area contributed by atoms with Crippen molar-refractivity contribution < 1.29 is 24.2 Å². The maximum absolute atomic E-state index is 13.0. The van der Waals surface area contributed by atoms with Crippen LogP contribution in [0.2, 0.25) is 0 Å². The molecule has 2 aliphatic rings. The number of carboxylic acids is 1. The van der Waals surface area contributed by atoms with Gasteiger partial charge in [-0.3, -0.25) is 14.9 Å². The van der Waals surface area contributed by atoms with Gasteiger partial charge in [0.05, 0.1) is 25.1 Å². The number of hydrogen-bond donors (Lipinski definition) is 3. The van der Waals surface area contributed by atoms with Gasteiger partial charge in [-0.2, -0.15) is 0 Å². The Balaban J connectivity index is 1.54. The van der Waals surface area contributed by atoms with E-state index in [0.717, 1.165) is 13.0 Å². The van der Waals surface area contributed by atoms with Crippen LogP contribution in [0, 0.1) is 0 Å². The van der Waals surface area contributed by atoms with Gasteiger partial charge in [-0.15, -0.1) is 0 Å². The van der Waals surface area contributed by atoms with Crippen LogP contribution in [0.4, 0.5) is 4.79 Å². The van der Waals surface area contributed by atoms with E-state index in [-0.39, 0.29) is 30.8 Å². The molecule has 1 fully saturated rings. The van der Waals surface area contributed by atoms with Crippen LogP contribution in [0.3, 0.4) is 0 Å². The summed E-state index contributed by atoms with van der Waals surface area (Å²) in [5.41, 5.74) is 0.644. The van der Waals surface area contributed by atoms with E-state index in [2.05, 4.69) is 20.6 Å². The van der Waals surface area contributed by atoms with E-state index in [1.165, 1.54) is 0 Å². The molecule has 3 heterocycles. The molecule has 180 valence electrons. The second kappa shape index (κ2) is 11.5. The molecule has 3 rings (SSSR count). The lowest BCUT2D eigenvalue weighted by Crippen LogP contribution is -2.45. The van der Waals surface area contributed by atoms with E-state index >= 15 is 0 Å². The van der Waals surface area contributed by atoms with Gasteiger partial charge in [-0.05, 0) is 32.3 Å². The highest BCUT2D eigenvalue weighted by Crippen LogP contribution is 2.29. The van der Waals surface area contributed by atoms with Crippen LogP contribution in [0.1, 0.15) is 51.1 Å². The zero-order chi connectivity index (χ0) is 23.8. The van der Waals surface area contributed by atoms with Gasteiger partial charge in [0.1, 0.15) is 0 Å². The van der Waals surface area contributed by atoms with Crippen molar-refractivity contribution in [3.63, 3.8) is 0 Å². The molecule has 1 saturated heterocycles. The summed E-state index contributed by atoms with van der Waals surface area (Å²) in [6, 6.07) is 2.75. The molecule has 2 aliphatic heterocycles. The Morgan fingerprint density at radius 2 is 2.18 bits per heavy atom. The fourth-order valence-corrected chi connectivity index (χ4v) is 3.93. The van der Waals surface area contributed by atoms with Crippen molar-refractivity contribution in [1.82, 2.24) is 25.4 Å². The first kappa shape index (κ1) is 24.3. The molecule has 1 aromatic heterocycles. The molecule has 0 radical (unpaired) electrons. The standard InChI is InChI=1S/C22H32N6O5/c1-3-33-19-7-6-16(14-24-19)17(13-20(30)31)28-12-11-27(22(28)32)10-4-5-18(29)26-21-23-9-8-15(2)25-21/h6-7,14-15,17H,3-5,8-13H2,1-2H3,(H,30,31)(H2,23,25,26,29)/t15?,17-/m0/s1. The van der Waals surface area contributed by atoms with Crippen molar-refractivity contribution >= 4 is 23.9 Å². The zero-order valence-corrected chi connectivity index (χ0v) is 19.1. The number of guanidine groups is 1. The van der Waals surface area contributed by atoms with E-state index in [0.29, 0.717) is 50.1 Å². The first-order chi connectivity index (χ1) is 15.9. The number of amides is 3. The van der Waals surface area contributed by atoms with Crippen molar-refractivity contribution in [2.75, 3.05) is 32.8 Å². The SMILES string of the molecule is CCOc1ccc([C@H](CC(=O)O)N2CCN(CCCC(=O)NC3=NC(C)CCN3)C2=O)cn1. The Morgan fingerprint density at radius 1 is 1.36 bits per heavy atom. The molecule has 0 aliphatic carbocycles. The fraction of sp³-hybridized carbons (Fsp3) is 0.591. The summed E-state index contributed by atoms with van der Waals surface area (Å²) in [5, 5.41) is 15.2. The summed E-state index contributed by atoms with van der Waals surface area (Å²) < 4.78 is 5.34. The third-order valence-corrected chi connectivity index (χ3v) is 5.60. The van der Waals surface area contributed by atoms with Crippen molar-refractivity contribution in [3.8, 4) is 5.88 Å². The van der Waals surface area contributed by atoms with E-state index in [1.54, 1.807) is 28.1 Å². The number of nitrogens with zero attached hydrogens (tertiary/aromatic N) is 4. The first-order valence-corrected chi connectivity index (χ1v) is 11.3. The average Bonchev–Trinajstić information content (AvgIpc) is 3.13. The van der Waals surface area contributed by atoms with Crippen molar-refractivity contribution in [3.05, 3.63) is 23.9 Å². The number of carbonyl (C=O) groups excluding carboxylic acids is 2. The van der Waals surface area contributed by atoms with Crippen molar-refractivity contribution in [2.45, 2.75) is 51.6 Å². The van der Waals surface area contributed by atoms with Crippen LogP contribution < -0.4 is 15.4 Å². The number of carboxylic acid groups (broad SMARTS) is 1. The summed E-state index contributed by atoms with van der Waals surface area (Å²) in [4.78, 5) is 48.4. The zero-order valence-electron chi connectivity index (χ0n) is 19.1. The minimum absolute atomic E-state index is 0.150. The molecular formula is C22H32N6O5. The number of urea groups is 1. The van der Waals surface area contributed by atoms with Gasteiger partial charge >= 0.3 is 12.0 Å². The van der Waals surface area contributed by atoms with Gasteiger partial charge in [0.15, 0.2) is 5.96 Å². The van der Waals surface area contributed by atoms with Gasteiger partial charge in [0.25, 0.3) is 0 Å². The van der Waals surface area contributed by atoms with Crippen LogP contribution >= 0.6 is 0 Å². The molecule has 1 aromatic rings. The summed E-state index contributed by atoms with van der Waals surface area (Å²) >= 11 is 0. The van der Waals surface area contributed by atoms with Crippen molar-refractivity contribution in [1.29, 1.82) is 0 Å². The number of aliphatic imine (C=N–C) groups is 1. The summed E-state index contributed by atoms with van der Waals surface area (Å²) in [5.74, 6) is -0.192. The molecule has 11 nitrogen and oxygen atoms in total. The minimum atomic E-state index is -0.995. The van der Waals surface area contributed by atoms with E-state index < -0.39 is 12.0 Å². The van der Waals surface area contributed by atoms with E-state index in [9.17, 15) is 19.5 Å². The van der Waals surface area contributed by atoms with E-state index in [1.807, 2.05) is 13.8 Å². The third kappa shape index (κ3) is 6.80. The summed E-state index contributed by atoms with van der Waals surface area (Å²) in [6.07, 6.45) is 3.04. The van der Waals surface area contributed by atoms with Gasteiger partial charge < -0.3 is 25.0 Å². The van der Waals surface area contributed by atoms with Crippen LogP contribution in [-0.2, 0) is 9.59 Å². The molecule has 0 aromatic carbocycles. The van der Waals surface area contributed by atoms with Gasteiger partial charge in [-0.1, -0.05) is 6.07 Å². The Labute approximate surface area is 193 Å². The Kier molecular flexibility index (Phi) is 8.45. The smallest absolute Gasteiger partial charge is 0.320 e. The summed E-state index contributed by atoms with van der Waals surface area (Å²) in [6.45, 7) is 6.41. The fourth-order valence-electron chi connectivity index (χ4n) is 3.93. The lowest BCUT2D eigenvalue weighted by Gasteiger charge is -2.27. The van der Waals surface area contributed by atoms with E-state index in [4.69, 9.17) is 4.74 Å². The molecule has 1 unspecified atom stereocenters. The van der Waals surface area contributed by atoms with Crippen LogP contribution in [-0.4, -0.2) is 82.6 Å². The van der Waals surface area contributed by atoms with Crippen LogP contribution in [0.5, 0.6) is 5.88 Å². The Bertz CT molecular complexity index is 875. The maximum Gasteiger partial charge on any atom is 0.320 e. The molecule has 33 heavy (non-hydrogen) atoms. The molecule has 3 amide bonds. The Hall–Kier alpha value is -3.37. The Morgan fingerprint density at radius 3 is 2.85 bits per heavy atom. The topological polar surface area (TPSA) is 136 Å². The lowest BCUT2D eigenvalue weighted by molar-refractivity contribution is -0.138. The van der Waals surface area contributed by atoms with Crippen LogP contribution in [0.15, 0.2) is 23.3 Å². The van der Waals surface area contributed by atoms with Crippen LogP contribution in [0.25, 0.3) is 0 Å². The number of aliphatic carboxylic acids is 1. The number of hydrogen-bond acceptors (Lipinski definition) is 7. The molecule has 3 N–H and O–H groups in total.